The molecule has 0 saturated carbocycles. The lowest BCUT2D eigenvalue weighted by Gasteiger charge is -2.02. The van der Waals surface area contributed by atoms with Crippen LogP contribution in [0, 0.1) is 6.92 Å². The number of carbonyl (C=O) groups is 1. The third kappa shape index (κ3) is 2.95. The number of ether oxygens (including phenoxy) is 1. The number of benzene rings is 2. The zero-order valence-corrected chi connectivity index (χ0v) is 12.9. The standard InChI is InChI=1S/C17H12BrNO2/c1-11-5-2-3-8-14(11)16-19-15(17(20)21-16)10-12-6-4-7-13(18)9-12/h2-10H,1H3/b15-10-. The van der Waals surface area contributed by atoms with E-state index in [-0.39, 0.29) is 0 Å². The van der Waals surface area contributed by atoms with E-state index in [2.05, 4.69) is 20.9 Å². The first-order valence-corrected chi connectivity index (χ1v) is 7.27. The monoisotopic (exact) mass is 341 g/mol. The maximum atomic E-state index is 11.9. The minimum Gasteiger partial charge on any atom is -0.402 e. The average molecular weight is 342 g/mol. The van der Waals surface area contributed by atoms with E-state index in [0.717, 1.165) is 21.2 Å². The van der Waals surface area contributed by atoms with E-state index in [1.807, 2.05) is 55.5 Å². The molecule has 1 aliphatic heterocycles. The van der Waals surface area contributed by atoms with Crippen LogP contribution in [0.25, 0.3) is 6.08 Å². The second-order valence-electron chi connectivity index (χ2n) is 4.71. The van der Waals surface area contributed by atoms with Gasteiger partial charge in [-0.25, -0.2) is 9.79 Å². The number of hydrogen-bond donors (Lipinski definition) is 0. The Balaban J connectivity index is 1.98. The molecule has 1 heterocycles. The van der Waals surface area contributed by atoms with E-state index in [1.54, 1.807) is 6.08 Å². The van der Waals surface area contributed by atoms with Crippen LogP contribution in [0.5, 0.6) is 0 Å². The fourth-order valence-corrected chi connectivity index (χ4v) is 2.51. The van der Waals surface area contributed by atoms with E-state index < -0.39 is 5.97 Å². The summed E-state index contributed by atoms with van der Waals surface area (Å²) < 4.78 is 6.22. The number of cyclic esters (lactones) is 1. The van der Waals surface area contributed by atoms with E-state index in [9.17, 15) is 4.79 Å². The van der Waals surface area contributed by atoms with E-state index >= 15 is 0 Å². The second-order valence-corrected chi connectivity index (χ2v) is 5.62. The van der Waals surface area contributed by atoms with Crippen LogP contribution in [-0.4, -0.2) is 11.9 Å². The van der Waals surface area contributed by atoms with Gasteiger partial charge in [-0.3, -0.25) is 0 Å². The molecule has 0 spiro atoms. The van der Waals surface area contributed by atoms with Crippen LogP contribution in [0.4, 0.5) is 0 Å². The number of aliphatic imine (C=N–C) groups is 1. The Labute approximate surface area is 131 Å². The predicted octanol–water partition coefficient (Wildman–Crippen LogP) is 4.10. The summed E-state index contributed by atoms with van der Waals surface area (Å²) >= 11 is 3.40. The Kier molecular flexibility index (Phi) is 3.71. The van der Waals surface area contributed by atoms with Gasteiger partial charge in [-0.05, 0) is 42.3 Å². The number of nitrogens with zero attached hydrogens (tertiary/aromatic N) is 1. The van der Waals surface area contributed by atoms with Crippen molar-refractivity contribution < 1.29 is 9.53 Å². The van der Waals surface area contributed by atoms with Crippen molar-refractivity contribution in [1.29, 1.82) is 0 Å². The SMILES string of the molecule is Cc1ccccc1C1=N/C(=C\c2cccc(Br)c2)C(=O)O1. The summed E-state index contributed by atoms with van der Waals surface area (Å²) in [6.07, 6.45) is 1.72. The molecule has 0 N–H and O–H groups in total. The Hall–Kier alpha value is -2.20. The summed E-state index contributed by atoms with van der Waals surface area (Å²) in [4.78, 5) is 16.3. The molecule has 0 radical (unpaired) electrons. The van der Waals surface area contributed by atoms with Crippen molar-refractivity contribution in [2.75, 3.05) is 0 Å². The van der Waals surface area contributed by atoms with Crippen molar-refractivity contribution >= 4 is 33.9 Å². The molecule has 104 valence electrons. The van der Waals surface area contributed by atoms with Gasteiger partial charge >= 0.3 is 5.97 Å². The van der Waals surface area contributed by atoms with Crippen molar-refractivity contribution in [3.63, 3.8) is 0 Å². The van der Waals surface area contributed by atoms with Gasteiger partial charge in [0.2, 0.25) is 5.90 Å². The van der Waals surface area contributed by atoms with Gasteiger partial charge in [-0.15, -0.1) is 0 Å². The molecule has 0 fully saturated rings. The maximum Gasteiger partial charge on any atom is 0.363 e. The average Bonchev–Trinajstić information content (AvgIpc) is 2.80. The minimum atomic E-state index is -0.423. The number of carbonyl (C=O) groups excluding carboxylic acids is 1. The Morgan fingerprint density at radius 2 is 1.95 bits per heavy atom. The van der Waals surface area contributed by atoms with Gasteiger partial charge in [0.05, 0.1) is 0 Å². The molecule has 2 aromatic carbocycles. The van der Waals surface area contributed by atoms with Gasteiger partial charge in [0.15, 0.2) is 5.70 Å². The van der Waals surface area contributed by atoms with Crippen molar-refractivity contribution in [3.05, 3.63) is 75.4 Å². The molecule has 0 aliphatic carbocycles. The molecule has 0 bridgehead atoms. The van der Waals surface area contributed by atoms with Crippen LogP contribution in [0.3, 0.4) is 0 Å². The summed E-state index contributed by atoms with van der Waals surface area (Å²) in [5, 5.41) is 0. The summed E-state index contributed by atoms with van der Waals surface area (Å²) in [6.45, 7) is 1.96. The maximum absolute atomic E-state index is 11.9. The van der Waals surface area contributed by atoms with Gasteiger partial charge in [0.1, 0.15) is 0 Å². The normalized spacial score (nSPS) is 16.0. The molecule has 1 aliphatic rings. The number of hydrogen-bond acceptors (Lipinski definition) is 3. The summed E-state index contributed by atoms with van der Waals surface area (Å²) in [5.74, 6) is -0.0624. The lowest BCUT2D eigenvalue weighted by atomic mass is 10.1. The van der Waals surface area contributed by atoms with Gasteiger partial charge in [-0.2, -0.15) is 0 Å². The zero-order chi connectivity index (χ0) is 14.8. The first-order chi connectivity index (χ1) is 10.1. The van der Waals surface area contributed by atoms with E-state index in [1.165, 1.54) is 0 Å². The molecule has 0 saturated heterocycles. The first kappa shape index (κ1) is 13.8. The minimum absolute atomic E-state index is 0.311. The van der Waals surface area contributed by atoms with Gasteiger partial charge < -0.3 is 4.74 Å². The molecule has 0 aromatic heterocycles. The number of rotatable bonds is 2. The van der Waals surface area contributed by atoms with Crippen LogP contribution in [0.1, 0.15) is 16.7 Å². The molecule has 2 aromatic rings. The largest absolute Gasteiger partial charge is 0.402 e. The zero-order valence-electron chi connectivity index (χ0n) is 11.3. The highest BCUT2D eigenvalue weighted by atomic mass is 79.9. The highest BCUT2D eigenvalue weighted by molar-refractivity contribution is 9.10. The third-order valence-electron chi connectivity index (χ3n) is 3.15. The van der Waals surface area contributed by atoms with Crippen LogP contribution in [0.15, 0.2) is 63.7 Å². The molecule has 0 amide bonds. The first-order valence-electron chi connectivity index (χ1n) is 6.47. The van der Waals surface area contributed by atoms with Gasteiger partial charge in [-0.1, -0.05) is 46.3 Å². The van der Waals surface area contributed by atoms with Crippen LogP contribution < -0.4 is 0 Å². The molecular formula is C17H12BrNO2. The van der Waals surface area contributed by atoms with Crippen LogP contribution in [-0.2, 0) is 9.53 Å². The summed E-state index contributed by atoms with van der Waals surface area (Å²) in [7, 11) is 0. The Bertz CT molecular complexity index is 778. The molecule has 21 heavy (non-hydrogen) atoms. The third-order valence-corrected chi connectivity index (χ3v) is 3.64. The fraction of sp³-hybridized carbons (Fsp3) is 0.0588. The van der Waals surface area contributed by atoms with E-state index in [4.69, 9.17) is 4.74 Å². The Morgan fingerprint density at radius 1 is 1.14 bits per heavy atom. The molecule has 4 heteroatoms. The Morgan fingerprint density at radius 3 is 2.71 bits per heavy atom. The molecule has 0 unspecified atom stereocenters. The number of esters is 1. The highest BCUT2D eigenvalue weighted by Gasteiger charge is 2.24. The molecule has 0 atom stereocenters. The number of aryl methyl sites for hydroxylation is 1. The number of halogens is 1. The van der Waals surface area contributed by atoms with Crippen LogP contribution in [0.2, 0.25) is 0 Å². The highest BCUT2D eigenvalue weighted by Crippen LogP contribution is 2.21. The molecular weight excluding hydrogens is 330 g/mol. The quantitative estimate of drug-likeness (QED) is 0.609. The summed E-state index contributed by atoms with van der Waals surface area (Å²) in [5.41, 5.74) is 3.06. The van der Waals surface area contributed by atoms with Crippen molar-refractivity contribution in [2.45, 2.75) is 6.92 Å². The predicted molar refractivity (Wildman–Crippen MR) is 85.9 cm³/mol. The fourth-order valence-electron chi connectivity index (χ4n) is 2.09. The second kappa shape index (κ2) is 5.66. The van der Waals surface area contributed by atoms with Gasteiger partial charge in [0, 0.05) is 10.0 Å². The molecule has 3 nitrogen and oxygen atoms in total. The lowest BCUT2D eigenvalue weighted by molar-refractivity contribution is -0.129. The smallest absolute Gasteiger partial charge is 0.363 e. The van der Waals surface area contributed by atoms with Crippen molar-refractivity contribution in [3.8, 4) is 0 Å². The van der Waals surface area contributed by atoms with Crippen molar-refractivity contribution in [2.24, 2.45) is 4.99 Å². The van der Waals surface area contributed by atoms with Crippen molar-refractivity contribution in [1.82, 2.24) is 0 Å². The van der Waals surface area contributed by atoms with Crippen LogP contribution >= 0.6 is 15.9 Å². The van der Waals surface area contributed by atoms with E-state index in [0.29, 0.717) is 11.6 Å². The lowest BCUT2D eigenvalue weighted by Crippen LogP contribution is -2.06. The molecule has 3 rings (SSSR count). The topological polar surface area (TPSA) is 38.7 Å². The van der Waals surface area contributed by atoms with Gasteiger partial charge in [0.25, 0.3) is 0 Å². The summed E-state index contributed by atoms with van der Waals surface area (Å²) in [6, 6.07) is 15.3.